The first kappa shape index (κ1) is 24.8. The van der Waals surface area contributed by atoms with E-state index in [2.05, 4.69) is 35.5 Å². The second kappa shape index (κ2) is 10.4. The van der Waals surface area contributed by atoms with Crippen LogP contribution in [0.2, 0.25) is 5.02 Å². The second-order valence-electron chi connectivity index (χ2n) is 8.18. The minimum absolute atomic E-state index is 0.0143. The number of halogens is 1. The molecule has 7 nitrogen and oxygen atoms in total. The molecule has 2 aromatic carbocycles. The largest absolute Gasteiger partial charge is 0.492 e. The quantitative estimate of drug-likeness (QED) is 0.421. The zero-order valence-corrected chi connectivity index (χ0v) is 20.7. The number of benzene rings is 2. The number of aromatic nitrogens is 2. The number of nitrogens with one attached hydrogen (secondary N) is 1. The normalized spacial score (nSPS) is 11.8. The molecule has 1 N–H and O–H groups in total. The molecule has 3 aromatic rings. The molecule has 0 unspecified atom stereocenters. The third-order valence-corrected chi connectivity index (χ3v) is 5.92. The van der Waals surface area contributed by atoms with Crippen LogP contribution in [0.3, 0.4) is 0 Å². The van der Waals surface area contributed by atoms with Gasteiger partial charge in [-0.15, -0.1) is 0 Å². The van der Waals surface area contributed by atoms with Crippen LogP contribution in [0.1, 0.15) is 44.0 Å². The molecule has 0 saturated carbocycles. The maximum atomic E-state index is 11.3. The van der Waals surface area contributed by atoms with Crippen molar-refractivity contribution in [2.24, 2.45) is 0 Å². The van der Waals surface area contributed by atoms with Gasteiger partial charge < -0.3 is 9.47 Å². The van der Waals surface area contributed by atoms with Crippen molar-refractivity contribution in [2.45, 2.75) is 39.2 Å². The highest BCUT2D eigenvalue weighted by Gasteiger charge is 2.24. The Morgan fingerprint density at radius 2 is 1.73 bits per heavy atom. The lowest BCUT2D eigenvalue weighted by atomic mass is 9.78. The van der Waals surface area contributed by atoms with Crippen LogP contribution >= 0.6 is 11.6 Å². The molecule has 3 rings (SSSR count). The minimum Gasteiger partial charge on any atom is -0.492 e. The number of anilines is 1. The number of hydrogen-bond donors (Lipinski definition) is 1. The van der Waals surface area contributed by atoms with Gasteiger partial charge in [-0.25, -0.2) is 18.4 Å². The van der Waals surface area contributed by atoms with Gasteiger partial charge >= 0.3 is 0 Å². The van der Waals surface area contributed by atoms with Crippen LogP contribution in [0, 0.1) is 0 Å². The first-order valence-corrected chi connectivity index (χ1v) is 12.8. The van der Waals surface area contributed by atoms with Gasteiger partial charge in [-0.05, 0) is 47.9 Å². The van der Waals surface area contributed by atoms with Crippen molar-refractivity contribution in [1.82, 2.24) is 9.97 Å². The highest BCUT2D eigenvalue weighted by atomic mass is 35.5. The predicted octanol–water partition coefficient (Wildman–Crippen LogP) is 5.20. The lowest BCUT2D eigenvalue weighted by Gasteiger charge is -2.27. The van der Waals surface area contributed by atoms with E-state index in [9.17, 15) is 8.42 Å². The van der Waals surface area contributed by atoms with E-state index in [0.717, 1.165) is 23.8 Å². The molecule has 0 amide bonds. The minimum atomic E-state index is -3.44. The summed E-state index contributed by atoms with van der Waals surface area (Å²) in [5.74, 6) is 1.38. The molecule has 0 bridgehead atoms. The Morgan fingerprint density at radius 3 is 2.36 bits per heavy atom. The van der Waals surface area contributed by atoms with Crippen LogP contribution < -0.4 is 14.2 Å². The van der Waals surface area contributed by atoms with Crippen LogP contribution in [0.5, 0.6) is 11.5 Å². The lowest BCUT2D eigenvalue weighted by Crippen LogP contribution is -2.19. The van der Waals surface area contributed by atoms with Gasteiger partial charge in [-0.2, -0.15) is 0 Å². The number of ether oxygens (including phenoxy) is 2. The van der Waals surface area contributed by atoms with Gasteiger partial charge in [0.1, 0.15) is 18.1 Å². The summed E-state index contributed by atoms with van der Waals surface area (Å²) in [5.41, 5.74) is 2.47. The Morgan fingerprint density at radius 1 is 1.03 bits per heavy atom. The van der Waals surface area contributed by atoms with Crippen molar-refractivity contribution in [2.75, 3.05) is 17.6 Å². The zero-order valence-electron chi connectivity index (χ0n) is 19.1. The van der Waals surface area contributed by atoms with E-state index in [1.54, 1.807) is 6.07 Å². The zero-order chi connectivity index (χ0) is 24.1. The first-order valence-electron chi connectivity index (χ1n) is 10.5. The summed E-state index contributed by atoms with van der Waals surface area (Å²) in [7, 11) is -3.44. The molecule has 0 atom stereocenters. The Kier molecular flexibility index (Phi) is 7.81. The fourth-order valence-electron chi connectivity index (χ4n) is 3.20. The number of sulfonamides is 1. The van der Waals surface area contributed by atoms with Gasteiger partial charge in [0.05, 0.1) is 23.6 Å². The van der Waals surface area contributed by atoms with Crippen molar-refractivity contribution in [3.8, 4) is 11.5 Å². The van der Waals surface area contributed by atoms with E-state index in [-0.39, 0.29) is 18.0 Å². The maximum Gasteiger partial charge on any atom is 0.236 e. The molecule has 0 spiro atoms. The van der Waals surface area contributed by atoms with Crippen LogP contribution in [0.4, 0.5) is 5.95 Å². The standard InChI is InChI=1S/C24H28ClN3O4S/c1-5-14-31-22-11-8-18(15-21(22)25)24(2,3)17-6-9-20(10-7-17)32-16-19-12-13-26-23(27-19)28-33(4,29)30/h6-13,15H,5,14,16H2,1-4H3,(H,26,27,28). The number of nitrogens with zero attached hydrogens (tertiary/aromatic N) is 2. The summed E-state index contributed by atoms with van der Waals surface area (Å²) in [5, 5.41) is 0.601. The molecule has 0 aliphatic heterocycles. The second-order valence-corrected chi connectivity index (χ2v) is 10.3. The van der Waals surface area contributed by atoms with E-state index < -0.39 is 10.0 Å². The third kappa shape index (κ3) is 6.82. The maximum absolute atomic E-state index is 11.3. The summed E-state index contributed by atoms with van der Waals surface area (Å²) >= 11 is 6.44. The summed E-state index contributed by atoms with van der Waals surface area (Å²) in [6.45, 7) is 7.14. The summed E-state index contributed by atoms with van der Waals surface area (Å²) in [4.78, 5) is 8.05. The number of hydrogen-bond acceptors (Lipinski definition) is 6. The van der Waals surface area contributed by atoms with E-state index >= 15 is 0 Å². The van der Waals surface area contributed by atoms with Gasteiger partial charge in [0.2, 0.25) is 16.0 Å². The Labute approximate surface area is 200 Å². The summed E-state index contributed by atoms with van der Waals surface area (Å²) in [6, 6.07) is 15.4. The molecule has 1 aromatic heterocycles. The van der Waals surface area contributed by atoms with E-state index in [0.29, 0.717) is 28.8 Å². The molecule has 0 aliphatic carbocycles. The van der Waals surface area contributed by atoms with Crippen molar-refractivity contribution in [1.29, 1.82) is 0 Å². The molecule has 0 radical (unpaired) electrons. The molecular formula is C24H28ClN3O4S. The fraction of sp³-hybridized carbons (Fsp3) is 0.333. The average Bonchev–Trinajstić information content (AvgIpc) is 2.76. The van der Waals surface area contributed by atoms with Crippen LogP contribution in [0.25, 0.3) is 0 Å². The summed E-state index contributed by atoms with van der Waals surface area (Å²) < 4.78 is 36.4. The molecule has 0 fully saturated rings. The molecule has 0 aliphatic rings. The van der Waals surface area contributed by atoms with Gasteiger partial charge in [0.25, 0.3) is 0 Å². The third-order valence-electron chi connectivity index (χ3n) is 5.07. The van der Waals surface area contributed by atoms with E-state index in [1.807, 2.05) is 42.5 Å². The van der Waals surface area contributed by atoms with Crippen LogP contribution in [-0.4, -0.2) is 31.2 Å². The topological polar surface area (TPSA) is 90.4 Å². The monoisotopic (exact) mass is 489 g/mol. The number of rotatable bonds is 10. The highest BCUT2D eigenvalue weighted by Crippen LogP contribution is 2.36. The van der Waals surface area contributed by atoms with Gasteiger partial charge in [-0.1, -0.05) is 50.6 Å². The van der Waals surface area contributed by atoms with Gasteiger partial charge in [0, 0.05) is 11.6 Å². The predicted molar refractivity (Wildman–Crippen MR) is 131 cm³/mol. The van der Waals surface area contributed by atoms with Crippen molar-refractivity contribution >= 4 is 27.6 Å². The Balaban J connectivity index is 1.68. The molecule has 0 saturated heterocycles. The van der Waals surface area contributed by atoms with Gasteiger partial charge in [0.15, 0.2) is 0 Å². The SMILES string of the molecule is CCCOc1ccc(C(C)(C)c2ccc(OCc3ccnc(NS(C)(=O)=O)n3)cc2)cc1Cl. The smallest absolute Gasteiger partial charge is 0.236 e. The molecule has 176 valence electrons. The molecule has 9 heteroatoms. The molecule has 1 heterocycles. The molecule has 33 heavy (non-hydrogen) atoms. The lowest BCUT2D eigenvalue weighted by molar-refractivity contribution is 0.301. The van der Waals surface area contributed by atoms with Crippen LogP contribution in [0.15, 0.2) is 54.7 Å². The van der Waals surface area contributed by atoms with Crippen molar-refractivity contribution in [3.05, 3.63) is 76.6 Å². The summed E-state index contributed by atoms with van der Waals surface area (Å²) in [6.07, 6.45) is 3.45. The fourth-order valence-corrected chi connectivity index (χ4v) is 3.87. The van der Waals surface area contributed by atoms with Crippen molar-refractivity contribution in [3.63, 3.8) is 0 Å². The molecular weight excluding hydrogens is 462 g/mol. The first-order chi connectivity index (χ1) is 15.6. The van der Waals surface area contributed by atoms with Crippen molar-refractivity contribution < 1.29 is 17.9 Å². The van der Waals surface area contributed by atoms with Crippen LogP contribution in [-0.2, 0) is 22.0 Å². The average molecular weight is 490 g/mol. The Bertz CT molecular complexity index is 1200. The van der Waals surface area contributed by atoms with E-state index in [1.165, 1.54) is 6.20 Å². The highest BCUT2D eigenvalue weighted by molar-refractivity contribution is 7.91. The van der Waals surface area contributed by atoms with Gasteiger partial charge in [-0.3, -0.25) is 4.72 Å². The van der Waals surface area contributed by atoms with E-state index in [4.69, 9.17) is 21.1 Å². The Hall–Kier alpha value is -2.84.